The molecule has 0 heterocycles. The van der Waals surface area contributed by atoms with Crippen LogP contribution in [0.3, 0.4) is 0 Å². The van der Waals surface area contributed by atoms with E-state index in [0.29, 0.717) is 29.5 Å². The highest BCUT2D eigenvalue weighted by Crippen LogP contribution is 2.33. The lowest BCUT2D eigenvalue weighted by atomic mass is 9.81. The van der Waals surface area contributed by atoms with Crippen molar-refractivity contribution in [3.63, 3.8) is 0 Å². The molecule has 29 heavy (non-hydrogen) atoms. The molecule has 0 aromatic heterocycles. The van der Waals surface area contributed by atoms with Crippen LogP contribution in [0.4, 0.5) is 0 Å². The van der Waals surface area contributed by atoms with Crippen LogP contribution in [-0.4, -0.2) is 42.6 Å². The molecule has 0 aliphatic heterocycles. The SMILES string of the molecule is COc1ccc(C(=O)O[C@H](C)C(=O)N(C)C2(C#N)CCCCC2)c2ccccc12. The number of nitriles is 1. The monoisotopic (exact) mass is 394 g/mol. The lowest BCUT2D eigenvalue weighted by Crippen LogP contribution is -2.53. The summed E-state index contributed by atoms with van der Waals surface area (Å²) in [6.07, 6.45) is 3.21. The zero-order valence-corrected chi connectivity index (χ0v) is 17.1. The molecule has 1 aliphatic carbocycles. The summed E-state index contributed by atoms with van der Waals surface area (Å²) < 4.78 is 10.9. The number of nitrogens with zero attached hydrogens (tertiary/aromatic N) is 2. The predicted octanol–water partition coefficient (Wildman–Crippen LogP) is 4.08. The summed E-state index contributed by atoms with van der Waals surface area (Å²) in [4.78, 5) is 27.2. The topological polar surface area (TPSA) is 79.6 Å². The highest BCUT2D eigenvalue weighted by molar-refractivity contribution is 6.07. The Morgan fingerprint density at radius 2 is 1.76 bits per heavy atom. The second-order valence-corrected chi connectivity index (χ2v) is 7.51. The number of likely N-dealkylation sites (N-methyl/N-ethyl adjacent to an activating group) is 1. The first-order valence-corrected chi connectivity index (χ1v) is 9.89. The van der Waals surface area contributed by atoms with Gasteiger partial charge in [0, 0.05) is 12.4 Å². The summed E-state index contributed by atoms with van der Waals surface area (Å²) in [5, 5.41) is 11.2. The minimum Gasteiger partial charge on any atom is -0.496 e. The van der Waals surface area contributed by atoms with E-state index in [1.807, 2.05) is 24.3 Å². The number of ether oxygens (including phenoxy) is 2. The van der Waals surface area contributed by atoms with E-state index < -0.39 is 17.6 Å². The molecular weight excluding hydrogens is 368 g/mol. The van der Waals surface area contributed by atoms with Crippen molar-refractivity contribution in [2.24, 2.45) is 0 Å². The van der Waals surface area contributed by atoms with Gasteiger partial charge < -0.3 is 14.4 Å². The first kappa shape index (κ1) is 20.7. The molecule has 2 aromatic carbocycles. The van der Waals surface area contributed by atoms with Gasteiger partial charge in [0.2, 0.25) is 0 Å². The van der Waals surface area contributed by atoms with Crippen LogP contribution >= 0.6 is 0 Å². The number of rotatable bonds is 5. The smallest absolute Gasteiger partial charge is 0.339 e. The number of hydrogen-bond acceptors (Lipinski definition) is 5. The number of esters is 1. The van der Waals surface area contributed by atoms with Crippen molar-refractivity contribution < 1.29 is 19.1 Å². The maximum absolute atomic E-state index is 12.9. The van der Waals surface area contributed by atoms with Gasteiger partial charge in [0.15, 0.2) is 6.10 Å². The van der Waals surface area contributed by atoms with Gasteiger partial charge in [-0.15, -0.1) is 0 Å². The normalized spacial score (nSPS) is 16.5. The van der Waals surface area contributed by atoms with E-state index in [1.165, 1.54) is 4.90 Å². The van der Waals surface area contributed by atoms with E-state index in [2.05, 4.69) is 6.07 Å². The molecule has 1 atom stereocenters. The Kier molecular flexibility index (Phi) is 6.07. The highest BCUT2D eigenvalue weighted by atomic mass is 16.5. The fourth-order valence-electron chi connectivity index (χ4n) is 4.04. The summed E-state index contributed by atoms with van der Waals surface area (Å²) in [7, 11) is 3.20. The minimum atomic E-state index is -0.986. The van der Waals surface area contributed by atoms with Gasteiger partial charge in [0.1, 0.15) is 11.3 Å². The third kappa shape index (κ3) is 3.91. The Morgan fingerprint density at radius 3 is 2.38 bits per heavy atom. The molecule has 0 N–H and O–H groups in total. The summed E-state index contributed by atoms with van der Waals surface area (Å²) >= 11 is 0. The van der Waals surface area contributed by atoms with Gasteiger partial charge in [-0.25, -0.2) is 4.79 Å². The number of fused-ring (bicyclic) bond motifs is 1. The lowest BCUT2D eigenvalue weighted by Gasteiger charge is -2.39. The van der Waals surface area contributed by atoms with Crippen molar-refractivity contribution in [3.8, 4) is 11.8 Å². The summed E-state index contributed by atoms with van der Waals surface area (Å²) in [5.74, 6) is -0.276. The number of hydrogen-bond donors (Lipinski definition) is 0. The lowest BCUT2D eigenvalue weighted by molar-refractivity contribution is -0.143. The molecule has 0 unspecified atom stereocenters. The quantitative estimate of drug-likeness (QED) is 0.714. The Morgan fingerprint density at radius 1 is 1.10 bits per heavy atom. The van der Waals surface area contributed by atoms with Crippen LogP contribution < -0.4 is 4.74 Å². The van der Waals surface area contributed by atoms with Crippen molar-refractivity contribution in [3.05, 3.63) is 42.0 Å². The van der Waals surface area contributed by atoms with Crippen LogP contribution in [0.1, 0.15) is 49.4 Å². The van der Waals surface area contributed by atoms with Crippen LogP contribution in [0.2, 0.25) is 0 Å². The second kappa shape index (κ2) is 8.52. The van der Waals surface area contributed by atoms with Gasteiger partial charge in [0.25, 0.3) is 5.91 Å². The summed E-state index contributed by atoms with van der Waals surface area (Å²) in [5.41, 5.74) is -0.445. The van der Waals surface area contributed by atoms with Gasteiger partial charge in [-0.3, -0.25) is 4.79 Å². The molecule has 1 fully saturated rings. The van der Waals surface area contributed by atoms with Gasteiger partial charge in [0.05, 0.1) is 18.7 Å². The van der Waals surface area contributed by atoms with Crippen molar-refractivity contribution in [1.29, 1.82) is 5.26 Å². The number of carbonyl (C=O) groups excluding carboxylic acids is 2. The number of methoxy groups -OCH3 is 1. The molecule has 1 saturated carbocycles. The molecule has 2 aromatic rings. The maximum atomic E-state index is 12.9. The Hall–Kier alpha value is -3.07. The molecule has 0 bridgehead atoms. The van der Waals surface area contributed by atoms with Crippen LogP contribution in [0.25, 0.3) is 10.8 Å². The average molecular weight is 394 g/mol. The zero-order valence-electron chi connectivity index (χ0n) is 17.1. The van der Waals surface area contributed by atoms with Crippen LogP contribution in [-0.2, 0) is 9.53 Å². The highest BCUT2D eigenvalue weighted by Gasteiger charge is 2.40. The number of benzene rings is 2. The molecule has 6 heteroatoms. The van der Waals surface area contributed by atoms with E-state index in [0.717, 1.165) is 24.6 Å². The summed E-state index contributed by atoms with van der Waals surface area (Å²) in [6, 6.07) is 13.1. The van der Waals surface area contributed by atoms with Crippen LogP contribution in [0, 0.1) is 11.3 Å². The summed E-state index contributed by atoms with van der Waals surface area (Å²) in [6.45, 7) is 1.55. The van der Waals surface area contributed by atoms with E-state index in [1.54, 1.807) is 33.2 Å². The first-order chi connectivity index (χ1) is 13.9. The van der Waals surface area contributed by atoms with Crippen molar-refractivity contribution >= 4 is 22.6 Å². The third-order valence-electron chi connectivity index (χ3n) is 5.82. The van der Waals surface area contributed by atoms with Gasteiger partial charge in [-0.1, -0.05) is 43.5 Å². The Bertz CT molecular complexity index is 957. The average Bonchev–Trinajstić information content (AvgIpc) is 2.77. The molecule has 0 saturated heterocycles. The second-order valence-electron chi connectivity index (χ2n) is 7.51. The first-order valence-electron chi connectivity index (χ1n) is 9.89. The standard InChI is InChI=1S/C23H26N2O4/c1-16(21(26)25(2)23(15-24)13-7-4-8-14-23)29-22(27)19-11-12-20(28-3)18-10-6-5-9-17(18)19/h5-6,9-12,16H,4,7-8,13-14H2,1-3H3/t16-/m1/s1. The molecule has 3 rings (SSSR count). The molecule has 0 radical (unpaired) electrons. The predicted molar refractivity (Wildman–Crippen MR) is 110 cm³/mol. The molecule has 1 aliphatic rings. The maximum Gasteiger partial charge on any atom is 0.339 e. The number of carbonyl (C=O) groups is 2. The van der Waals surface area contributed by atoms with Gasteiger partial charge in [-0.05, 0) is 37.3 Å². The van der Waals surface area contributed by atoms with E-state index in [-0.39, 0.29) is 5.91 Å². The third-order valence-corrected chi connectivity index (χ3v) is 5.82. The Labute approximate surface area is 171 Å². The molecule has 6 nitrogen and oxygen atoms in total. The largest absolute Gasteiger partial charge is 0.496 e. The molecule has 1 amide bonds. The Balaban J connectivity index is 1.80. The van der Waals surface area contributed by atoms with Crippen molar-refractivity contribution in [2.45, 2.75) is 50.7 Å². The minimum absolute atomic E-state index is 0.361. The molecular formula is C23H26N2O4. The van der Waals surface area contributed by atoms with Gasteiger partial charge in [-0.2, -0.15) is 5.26 Å². The zero-order chi connectivity index (χ0) is 21.0. The van der Waals surface area contributed by atoms with Crippen molar-refractivity contribution in [2.75, 3.05) is 14.2 Å². The van der Waals surface area contributed by atoms with E-state index in [9.17, 15) is 14.9 Å². The molecule has 0 spiro atoms. The van der Waals surface area contributed by atoms with Gasteiger partial charge >= 0.3 is 5.97 Å². The fraction of sp³-hybridized carbons (Fsp3) is 0.435. The van der Waals surface area contributed by atoms with Crippen LogP contribution in [0.5, 0.6) is 5.75 Å². The number of amides is 1. The van der Waals surface area contributed by atoms with E-state index in [4.69, 9.17) is 9.47 Å². The fourth-order valence-corrected chi connectivity index (χ4v) is 4.04. The molecule has 152 valence electrons. The van der Waals surface area contributed by atoms with Crippen molar-refractivity contribution in [1.82, 2.24) is 4.90 Å². The van der Waals surface area contributed by atoms with E-state index >= 15 is 0 Å². The van der Waals surface area contributed by atoms with Crippen LogP contribution in [0.15, 0.2) is 36.4 Å².